The lowest BCUT2D eigenvalue weighted by Crippen LogP contribution is -2.18. The largest absolute Gasteiger partial charge is 0.497 e. The van der Waals surface area contributed by atoms with Crippen molar-refractivity contribution >= 4 is 28.4 Å². The average molecular weight is 472 g/mol. The van der Waals surface area contributed by atoms with Gasteiger partial charge in [-0.15, -0.1) is 0 Å². The van der Waals surface area contributed by atoms with Crippen molar-refractivity contribution in [2.24, 2.45) is 0 Å². The summed E-state index contributed by atoms with van der Waals surface area (Å²) < 4.78 is 18.6. The van der Waals surface area contributed by atoms with Crippen LogP contribution >= 0.6 is 0 Å². The van der Waals surface area contributed by atoms with E-state index in [0.717, 1.165) is 46.4 Å². The van der Waals surface area contributed by atoms with Crippen LogP contribution < -0.4 is 25.3 Å². The van der Waals surface area contributed by atoms with E-state index in [2.05, 4.69) is 16.0 Å². The predicted octanol–water partition coefficient (Wildman–Crippen LogP) is 6.63. The SMILES string of the molecule is CCOc1ccc2c(N)c(-c3ccc(NC(=O)Oc4ccc(OC)cc4)cc3)n(C3CCC3)c2c1. The van der Waals surface area contributed by atoms with E-state index in [1.54, 1.807) is 31.4 Å². The summed E-state index contributed by atoms with van der Waals surface area (Å²) in [5.74, 6) is 1.98. The number of rotatable bonds is 7. The van der Waals surface area contributed by atoms with Crippen molar-refractivity contribution < 1.29 is 19.0 Å². The molecule has 0 aliphatic heterocycles. The van der Waals surface area contributed by atoms with Gasteiger partial charge in [-0.1, -0.05) is 12.1 Å². The molecule has 1 aromatic heterocycles. The Balaban J connectivity index is 1.40. The number of ether oxygens (including phenoxy) is 3. The topological polar surface area (TPSA) is 87.7 Å². The minimum absolute atomic E-state index is 0.416. The molecule has 3 N–H and O–H groups in total. The van der Waals surface area contributed by atoms with E-state index < -0.39 is 6.09 Å². The van der Waals surface area contributed by atoms with Crippen LogP contribution in [0.1, 0.15) is 32.2 Å². The Morgan fingerprint density at radius 1 is 1.00 bits per heavy atom. The summed E-state index contributed by atoms with van der Waals surface area (Å²) in [5.41, 5.74) is 11.2. The van der Waals surface area contributed by atoms with Crippen LogP contribution in [-0.2, 0) is 0 Å². The summed E-state index contributed by atoms with van der Waals surface area (Å²) in [5, 5.41) is 3.80. The quantitative estimate of drug-likeness (QED) is 0.316. The van der Waals surface area contributed by atoms with Gasteiger partial charge in [0, 0.05) is 28.7 Å². The monoisotopic (exact) mass is 471 g/mol. The molecule has 7 nitrogen and oxygen atoms in total. The van der Waals surface area contributed by atoms with E-state index in [9.17, 15) is 4.79 Å². The fourth-order valence-electron chi connectivity index (χ4n) is 4.50. The van der Waals surface area contributed by atoms with Gasteiger partial charge in [0.1, 0.15) is 17.2 Å². The van der Waals surface area contributed by atoms with Crippen LogP contribution in [0.4, 0.5) is 16.2 Å². The van der Waals surface area contributed by atoms with Gasteiger partial charge in [-0.3, -0.25) is 5.32 Å². The number of amides is 1. The van der Waals surface area contributed by atoms with Gasteiger partial charge in [0.2, 0.25) is 0 Å². The third-order valence-corrected chi connectivity index (χ3v) is 6.44. The van der Waals surface area contributed by atoms with Crippen LogP contribution in [0.25, 0.3) is 22.2 Å². The second-order valence-corrected chi connectivity index (χ2v) is 8.60. The molecule has 3 aromatic carbocycles. The molecule has 0 saturated heterocycles. The van der Waals surface area contributed by atoms with Gasteiger partial charge in [-0.2, -0.15) is 0 Å². The third-order valence-electron chi connectivity index (χ3n) is 6.44. The number of benzene rings is 3. The average Bonchev–Trinajstić information content (AvgIpc) is 3.10. The molecule has 7 heteroatoms. The standard InChI is InChI=1S/C28H29N3O4/c1-3-34-23-15-16-24-25(17-23)31(20-5-4-6-20)27(26(24)29)18-7-9-19(10-8-18)30-28(32)35-22-13-11-21(33-2)12-14-22/h7-17,20H,3-6,29H2,1-2H3,(H,30,32). The summed E-state index contributed by atoms with van der Waals surface area (Å²) in [6, 6.07) is 21.0. The molecule has 0 bridgehead atoms. The number of fused-ring (bicyclic) bond motifs is 1. The van der Waals surface area contributed by atoms with Crippen LogP contribution in [0.5, 0.6) is 17.2 Å². The van der Waals surface area contributed by atoms with Crippen LogP contribution in [0.3, 0.4) is 0 Å². The van der Waals surface area contributed by atoms with Gasteiger partial charge in [0.15, 0.2) is 0 Å². The highest BCUT2D eigenvalue weighted by molar-refractivity contribution is 6.01. The molecule has 5 rings (SSSR count). The Labute approximate surface area is 204 Å². The fraction of sp³-hybridized carbons (Fsp3) is 0.250. The molecule has 0 radical (unpaired) electrons. The molecular weight excluding hydrogens is 442 g/mol. The number of hydrogen-bond donors (Lipinski definition) is 2. The molecule has 1 fully saturated rings. The number of nitrogens with zero attached hydrogens (tertiary/aromatic N) is 1. The number of nitrogens with one attached hydrogen (secondary N) is 1. The van der Waals surface area contributed by atoms with Crippen LogP contribution in [0.2, 0.25) is 0 Å². The Morgan fingerprint density at radius 3 is 2.31 bits per heavy atom. The van der Waals surface area contributed by atoms with E-state index in [4.69, 9.17) is 19.9 Å². The molecule has 1 aliphatic carbocycles. The Kier molecular flexibility index (Phi) is 6.23. The van der Waals surface area contributed by atoms with Crippen molar-refractivity contribution in [3.63, 3.8) is 0 Å². The minimum Gasteiger partial charge on any atom is -0.497 e. The van der Waals surface area contributed by atoms with Gasteiger partial charge in [0.05, 0.1) is 30.6 Å². The maximum absolute atomic E-state index is 12.3. The van der Waals surface area contributed by atoms with E-state index in [0.29, 0.717) is 29.8 Å². The molecule has 1 heterocycles. The van der Waals surface area contributed by atoms with E-state index in [1.807, 2.05) is 43.3 Å². The number of carbonyl (C=O) groups excluding carboxylic acids is 1. The van der Waals surface area contributed by atoms with Gasteiger partial charge in [0.25, 0.3) is 0 Å². The number of nitrogen functional groups attached to an aromatic ring is 1. The molecule has 0 unspecified atom stereocenters. The highest BCUT2D eigenvalue weighted by Crippen LogP contribution is 2.44. The van der Waals surface area contributed by atoms with Crippen LogP contribution in [0.15, 0.2) is 66.7 Å². The molecule has 1 amide bonds. The third kappa shape index (κ3) is 4.49. The van der Waals surface area contributed by atoms with Crippen molar-refractivity contribution in [3.8, 4) is 28.5 Å². The predicted molar refractivity (Wildman–Crippen MR) is 138 cm³/mol. The van der Waals surface area contributed by atoms with Crippen molar-refractivity contribution in [2.75, 3.05) is 24.8 Å². The first-order valence-corrected chi connectivity index (χ1v) is 11.9. The molecular formula is C28H29N3O4. The number of methoxy groups -OCH3 is 1. The maximum atomic E-state index is 12.3. The normalized spacial score (nSPS) is 13.3. The van der Waals surface area contributed by atoms with E-state index in [-0.39, 0.29) is 0 Å². The molecule has 4 aromatic rings. The lowest BCUT2D eigenvalue weighted by molar-refractivity contribution is 0.215. The highest BCUT2D eigenvalue weighted by atomic mass is 16.6. The zero-order valence-corrected chi connectivity index (χ0v) is 19.9. The number of nitrogens with two attached hydrogens (primary N) is 1. The zero-order valence-electron chi connectivity index (χ0n) is 19.9. The molecule has 35 heavy (non-hydrogen) atoms. The first kappa shape index (κ1) is 22.7. The van der Waals surface area contributed by atoms with Gasteiger partial charge in [-0.25, -0.2) is 4.79 Å². The number of aromatic nitrogens is 1. The van der Waals surface area contributed by atoms with Gasteiger partial charge in [-0.05, 0) is 74.7 Å². The molecule has 0 atom stereocenters. The Morgan fingerprint density at radius 2 is 1.69 bits per heavy atom. The summed E-state index contributed by atoms with van der Waals surface area (Å²) in [4.78, 5) is 12.3. The summed E-state index contributed by atoms with van der Waals surface area (Å²) in [6.07, 6.45) is 2.92. The van der Waals surface area contributed by atoms with E-state index >= 15 is 0 Å². The first-order valence-electron chi connectivity index (χ1n) is 11.9. The summed E-state index contributed by atoms with van der Waals surface area (Å²) in [6.45, 7) is 2.60. The van der Waals surface area contributed by atoms with Crippen molar-refractivity contribution in [1.29, 1.82) is 0 Å². The zero-order chi connectivity index (χ0) is 24.4. The maximum Gasteiger partial charge on any atom is 0.417 e. The van der Waals surface area contributed by atoms with Gasteiger partial charge < -0.3 is 24.5 Å². The fourth-order valence-corrected chi connectivity index (χ4v) is 4.50. The van der Waals surface area contributed by atoms with Crippen molar-refractivity contribution in [1.82, 2.24) is 4.57 Å². The minimum atomic E-state index is -0.561. The number of anilines is 2. The second kappa shape index (κ2) is 9.62. The summed E-state index contributed by atoms with van der Waals surface area (Å²) >= 11 is 0. The van der Waals surface area contributed by atoms with Crippen molar-refractivity contribution in [2.45, 2.75) is 32.2 Å². The highest BCUT2D eigenvalue weighted by Gasteiger charge is 2.27. The van der Waals surface area contributed by atoms with Crippen LogP contribution in [-0.4, -0.2) is 24.4 Å². The van der Waals surface area contributed by atoms with Crippen molar-refractivity contribution in [3.05, 3.63) is 66.7 Å². The van der Waals surface area contributed by atoms with E-state index in [1.165, 1.54) is 6.42 Å². The summed E-state index contributed by atoms with van der Waals surface area (Å²) in [7, 11) is 1.59. The smallest absolute Gasteiger partial charge is 0.417 e. The molecule has 0 spiro atoms. The number of carbonyl (C=O) groups is 1. The Bertz CT molecular complexity index is 1340. The lowest BCUT2D eigenvalue weighted by atomic mass is 9.92. The second-order valence-electron chi connectivity index (χ2n) is 8.60. The van der Waals surface area contributed by atoms with Crippen LogP contribution in [0, 0.1) is 0 Å². The number of hydrogen-bond acceptors (Lipinski definition) is 5. The Hall–Kier alpha value is -4.13. The lowest BCUT2D eigenvalue weighted by Gasteiger charge is -2.30. The first-order chi connectivity index (χ1) is 17.1. The van der Waals surface area contributed by atoms with Gasteiger partial charge >= 0.3 is 6.09 Å². The molecule has 1 aliphatic rings. The molecule has 1 saturated carbocycles. The molecule has 180 valence electrons.